The number of hydrogen-bond donors (Lipinski definition) is 0. The van der Waals surface area contributed by atoms with Gasteiger partial charge in [-0.1, -0.05) is 40.5 Å². The largest absolute Gasteiger partial charge is 0.137 e. The van der Waals surface area contributed by atoms with E-state index in [1.54, 1.807) is 0 Å². The Bertz CT molecular complexity index is 173. The predicted molar refractivity (Wildman–Crippen MR) is 69.1 cm³/mol. The molecule has 0 aliphatic rings. The normalized spacial score (nSPS) is 10.9. The van der Waals surface area contributed by atoms with Gasteiger partial charge in [-0.05, 0) is 24.6 Å². The van der Waals surface area contributed by atoms with E-state index in [0.29, 0.717) is 0 Å². The van der Waals surface area contributed by atoms with Crippen LogP contribution in [-0.2, 0) is 0 Å². The molecule has 0 aromatic rings. The molecule has 0 saturated heterocycles. The van der Waals surface area contributed by atoms with Gasteiger partial charge >= 0.3 is 0 Å². The van der Waals surface area contributed by atoms with Crippen LogP contribution < -0.4 is 0 Å². The Kier molecular flexibility index (Phi) is 7.99. The molecule has 0 aliphatic carbocycles. The Labute approximate surface area is 91.5 Å². The molecule has 14 heavy (non-hydrogen) atoms. The Hall–Kier alpha value is -0.223. The molecule has 0 fully saturated rings. The van der Waals surface area contributed by atoms with E-state index in [1.165, 1.54) is 37.4 Å². The van der Waals surface area contributed by atoms with E-state index in [0.717, 1.165) is 6.42 Å². The van der Waals surface area contributed by atoms with Gasteiger partial charge in [-0.3, -0.25) is 0 Å². The zero-order chi connectivity index (χ0) is 10.9. The van der Waals surface area contributed by atoms with Crippen molar-refractivity contribution in [3.05, 3.63) is 0 Å². The van der Waals surface area contributed by atoms with E-state index < -0.39 is 8.07 Å². The summed E-state index contributed by atoms with van der Waals surface area (Å²) in [6, 6.07) is 4.00. The Balaban J connectivity index is 4.00. The quantitative estimate of drug-likeness (QED) is 0.341. The van der Waals surface area contributed by atoms with Crippen LogP contribution in [0.15, 0.2) is 0 Å². The molecule has 0 aromatic carbocycles. The summed E-state index contributed by atoms with van der Waals surface area (Å²) in [4.78, 5) is 0. The summed E-state index contributed by atoms with van der Waals surface area (Å²) in [6.45, 7) is 9.20. The van der Waals surface area contributed by atoms with Crippen molar-refractivity contribution in [2.45, 2.75) is 71.5 Å². The molecule has 0 atom stereocenters. The predicted octanol–water partition coefficient (Wildman–Crippen LogP) is 4.62. The van der Waals surface area contributed by atoms with Gasteiger partial charge in [0.2, 0.25) is 0 Å². The second-order valence-corrected chi connectivity index (χ2v) is 9.03. The Morgan fingerprint density at radius 2 is 1.43 bits per heavy atom. The summed E-state index contributed by atoms with van der Waals surface area (Å²) in [5.74, 6) is 3.43. The van der Waals surface area contributed by atoms with Gasteiger partial charge in [-0.25, -0.2) is 0 Å². The summed E-state index contributed by atoms with van der Waals surface area (Å²) < 4.78 is 0. The first-order chi connectivity index (χ1) is 6.74. The second-order valence-electron chi connectivity index (χ2n) is 4.10. The molecule has 0 aromatic heterocycles. The van der Waals surface area contributed by atoms with Gasteiger partial charge in [-0.2, -0.15) is 0 Å². The third-order valence-electron chi connectivity index (χ3n) is 3.29. The van der Waals surface area contributed by atoms with E-state index in [1.807, 2.05) is 0 Å². The molecule has 0 N–H and O–H groups in total. The smallest absolute Gasteiger partial charge is 0.131 e. The van der Waals surface area contributed by atoms with Crippen LogP contribution in [0.3, 0.4) is 0 Å². The fourth-order valence-corrected chi connectivity index (χ4v) is 4.26. The lowest BCUT2D eigenvalue weighted by Gasteiger charge is -2.20. The van der Waals surface area contributed by atoms with Crippen LogP contribution in [0.1, 0.15) is 53.4 Å². The molecule has 0 bridgehead atoms. The van der Waals surface area contributed by atoms with Crippen LogP contribution in [0.2, 0.25) is 18.1 Å². The number of hydrogen-bond acceptors (Lipinski definition) is 0. The van der Waals surface area contributed by atoms with Crippen LogP contribution in [0.5, 0.6) is 0 Å². The molecule has 0 amide bonds. The molecular formula is C13H26Si. The fraction of sp³-hybridized carbons (Fsp3) is 0.846. The zero-order valence-electron chi connectivity index (χ0n) is 10.4. The molecule has 0 rings (SSSR count). The van der Waals surface area contributed by atoms with Gasteiger partial charge in [0.15, 0.2) is 0 Å². The Morgan fingerprint density at radius 3 is 1.86 bits per heavy atom. The minimum atomic E-state index is -1.14. The van der Waals surface area contributed by atoms with Crippen LogP contribution in [-0.4, -0.2) is 8.07 Å². The third kappa shape index (κ3) is 4.86. The summed E-state index contributed by atoms with van der Waals surface area (Å²) in [6.07, 6.45) is 5.07. The average molecular weight is 210 g/mol. The van der Waals surface area contributed by atoms with Gasteiger partial charge in [-0.15, -0.1) is 11.5 Å². The molecule has 0 radical (unpaired) electrons. The molecule has 0 nitrogen and oxygen atoms in total. The Morgan fingerprint density at radius 1 is 0.857 bits per heavy atom. The maximum Gasteiger partial charge on any atom is 0.137 e. The van der Waals surface area contributed by atoms with Crippen molar-refractivity contribution in [1.29, 1.82) is 0 Å². The minimum Gasteiger partial charge on any atom is -0.131 e. The third-order valence-corrected chi connectivity index (χ3v) is 8.06. The zero-order valence-corrected chi connectivity index (χ0v) is 11.4. The molecule has 0 aliphatic heterocycles. The number of unbranched alkanes of at least 4 members (excludes halogenated alkanes) is 3. The van der Waals surface area contributed by atoms with Crippen molar-refractivity contribution in [1.82, 2.24) is 0 Å². The SMILES string of the molecule is CCCCCC#C[Si](CC)(CC)CC. The summed E-state index contributed by atoms with van der Waals surface area (Å²) >= 11 is 0. The standard InChI is InChI=1S/C13H26Si/c1-5-9-10-11-12-13-14(6-2,7-3)8-4/h5-11H2,1-4H3. The lowest BCUT2D eigenvalue weighted by molar-refractivity contribution is 0.737. The summed E-state index contributed by atoms with van der Waals surface area (Å²) in [7, 11) is -1.14. The molecule has 0 heterocycles. The lowest BCUT2D eigenvalue weighted by atomic mass is 10.2. The van der Waals surface area contributed by atoms with E-state index in [4.69, 9.17) is 0 Å². The maximum atomic E-state index is 3.63. The van der Waals surface area contributed by atoms with E-state index in [-0.39, 0.29) is 0 Å². The van der Waals surface area contributed by atoms with Gasteiger partial charge < -0.3 is 0 Å². The van der Waals surface area contributed by atoms with E-state index >= 15 is 0 Å². The lowest BCUT2D eigenvalue weighted by Crippen LogP contribution is -2.29. The first kappa shape index (κ1) is 13.8. The van der Waals surface area contributed by atoms with Gasteiger partial charge in [0.25, 0.3) is 0 Å². The topological polar surface area (TPSA) is 0 Å². The van der Waals surface area contributed by atoms with Gasteiger partial charge in [0.1, 0.15) is 8.07 Å². The van der Waals surface area contributed by atoms with Crippen molar-refractivity contribution in [2.75, 3.05) is 0 Å². The van der Waals surface area contributed by atoms with Gasteiger partial charge in [0, 0.05) is 6.42 Å². The van der Waals surface area contributed by atoms with Crippen LogP contribution in [0, 0.1) is 11.5 Å². The summed E-state index contributed by atoms with van der Waals surface area (Å²) in [5.41, 5.74) is 3.63. The van der Waals surface area contributed by atoms with Crippen molar-refractivity contribution < 1.29 is 0 Å². The highest BCUT2D eigenvalue weighted by molar-refractivity contribution is 6.87. The molecular weight excluding hydrogens is 184 g/mol. The molecule has 82 valence electrons. The molecule has 0 saturated carbocycles. The second kappa shape index (κ2) is 8.12. The van der Waals surface area contributed by atoms with Crippen LogP contribution in [0.4, 0.5) is 0 Å². The van der Waals surface area contributed by atoms with Crippen LogP contribution in [0.25, 0.3) is 0 Å². The molecule has 0 spiro atoms. The van der Waals surface area contributed by atoms with E-state index in [2.05, 4.69) is 39.2 Å². The molecule has 0 unspecified atom stereocenters. The van der Waals surface area contributed by atoms with Crippen molar-refractivity contribution in [2.24, 2.45) is 0 Å². The highest BCUT2D eigenvalue weighted by atomic mass is 28.3. The highest BCUT2D eigenvalue weighted by Crippen LogP contribution is 2.18. The summed E-state index contributed by atoms with van der Waals surface area (Å²) in [5, 5.41) is 0. The average Bonchev–Trinajstić information content (AvgIpc) is 2.24. The van der Waals surface area contributed by atoms with E-state index in [9.17, 15) is 0 Å². The van der Waals surface area contributed by atoms with Gasteiger partial charge in [0.05, 0.1) is 0 Å². The van der Waals surface area contributed by atoms with Crippen molar-refractivity contribution in [3.8, 4) is 11.5 Å². The minimum absolute atomic E-state index is 1.13. The number of rotatable bonds is 6. The highest BCUT2D eigenvalue weighted by Gasteiger charge is 2.23. The maximum absolute atomic E-state index is 3.63. The van der Waals surface area contributed by atoms with Crippen LogP contribution >= 0.6 is 0 Å². The fourth-order valence-electron chi connectivity index (χ4n) is 1.73. The molecule has 1 heteroatoms. The first-order valence-corrected chi connectivity index (χ1v) is 8.86. The first-order valence-electron chi connectivity index (χ1n) is 6.24. The monoisotopic (exact) mass is 210 g/mol. The van der Waals surface area contributed by atoms with Crippen molar-refractivity contribution >= 4 is 8.07 Å². The van der Waals surface area contributed by atoms with Crippen molar-refractivity contribution in [3.63, 3.8) is 0 Å².